The maximum absolute atomic E-state index is 6.03. The Morgan fingerprint density at radius 1 is 1.18 bits per heavy atom. The third-order valence-corrected chi connectivity index (χ3v) is 2.81. The highest BCUT2D eigenvalue weighted by atomic mass is 15.2. The van der Waals surface area contributed by atoms with E-state index in [1.54, 1.807) is 6.20 Å². The van der Waals surface area contributed by atoms with E-state index < -0.39 is 0 Å². The van der Waals surface area contributed by atoms with Gasteiger partial charge in [-0.3, -0.25) is 0 Å². The minimum atomic E-state index is 0.755. The van der Waals surface area contributed by atoms with Gasteiger partial charge in [0.25, 0.3) is 0 Å². The lowest BCUT2D eigenvalue weighted by atomic mass is 10.2. The van der Waals surface area contributed by atoms with Gasteiger partial charge in [0.15, 0.2) is 5.82 Å². The van der Waals surface area contributed by atoms with Crippen LogP contribution in [0.4, 0.5) is 11.5 Å². The summed E-state index contributed by atoms with van der Waals surface area (Å²) >= 11 is 0. The van der Waals surface area contributed by atoms with Gasteiger partial charge in [-0.05, 0) is 24.1 Å². The highest BCUT2D eigenvalue weighted by Crippen LogP contribution is 2.23. The third-order valence-electron chi connectivity index (χ3n) is 2.81. The maximum atomic E-state index is 6.03. The molecule has 2 rings (SSSR count). The van der Waals surface area contributed by atoms with Gasteiger partial charge in [0.05, 0.1) is 5.69 Å². The largest absolute Gasteiger partial charge is 0.396 e. The number of aryl methyl sites for hydroxylation is 1. The summed E-state index contributed by atoms with van der Waals surface area (Å²) in [5, 5.41) is 0. The molecule has 1 aromatic carbocycles. The van der Waals surface area contributed by atoms with Crippen molar-refractivity contribution in [1.29, 1.82) is 0 Å². The Balaban J connectivity index is 2.20. The van der Waals surface area contributed by atoms with Crippen LogP contribution in [0.3, 0.4) is 0 Å². The zero-order valence-corrected chi connectivity index (χ0v) is 10.2. The smallest absolute Gasteiger partial charge is 0.152 e. The third kappa shape index (κ3) is 2.56. The SMILES string of the molecule is Cc1ccnc(N(C)Cc2ccccc2)c1N. The van der Waals surface area contributed by atoms with E-state index in [9.17, 15) is 0 Å². The fourth-order valence-electron chi connectivity index (χ4n) is 1.79. The van der Waals surface area contributed by atoms with Crippen LogP contribution in [-0.2, 0) is 6.54 Å². The summed E-state index contributed by atoms with van der Waals surface area (Å²) in [6, 6.07) is 12.2. The Labute approximate surface area is 102 Å². The van der Waals surface area contributed by atoms with E-state index in [0.717, 1.165) is 23.6 Å². The molecule has 2 aromatic rings. The molecule has 0 radical (unpaired) electrons. The van der Waals surface area contributed by atoms with Crippen LogP contribution in [-0.4, -0.2) is 12.0 Å². The molecule has 1 heterocycles. The van der Waals surface area contributed by atoms with Crippen molar-refractivity contribution in [2.45, 2.75) is 13.5 Å². The van der Waals surface area contributed by atoms with Gasteiger partial charge in [0.2, 0.25) is 0 Å². The van der Waals surface area contributed by atoms with E-state index in [2.05, 4.69) is 22.0 Å². The monoisotopic (exact) mass is 227 g/mol. The van der Waals surface area contributed by atoms with Crippen LogP contribution in [0.15, 0.2) is 42.6 Å². The zero-order chi connectivity index (χ0) is 12.3. The molecule has 1 aromatic heterocycles. The Bertz CT molecular complexity index is 494. The van der Waals surface area contributed by atoms with Crippen LogP contribution in [0, 0.1) is 6.92 Å². The van der Waals surface area contributed by atoms with E-state index in [1.165, 1.54) is 5.56 Å². The van der Waals surface area contributed by atoms with Crippen molar-refractivity contribution in [3.63, 3.8) is 0 Å². The summed E-state index contributed by atoms with van der Waals surface area (Å²) < 4.78 is 0. The average Bonchev–Trinajstić information content (AvgIpc) is 2.34. The number of benzene rings is 1. The van der Waals surface area contributed by atoms with Gasteiger partial charge in [0.1, 0.15) is 0 Å². The first-order valence-corrected chi connectivity index (χ1v) is 5.64. The number of rotatable bonds is 3. The molecule has 0 saturated carbocycles. The van der Waals surface area contributed by atoms with Gasteiger partial charge >= 0.3 is 0 Å². The summed E-state index contributed by atoms with van der Waals surface area (Å²) in [5.41, 5.74) is 9.10. The summed E-state index contributed by atoms with van der Waals surface area (Å²) in [7, 11) is 2.01. The number of aromatic nitrogens is 1. The van der Waals surface area contributed by atoms with Crippen molar-refractivity contribution in [3.05, 3.63) is 53.7 Å². The highest BCUT2D eigenvalue weighted by Gasteiger charge is 2.08. The molecular formula is C14H17N3. The van der Waals surface area contributed by atoms with E-state index in [4.69, 9.17) is 5.73 Å². The molecule has 17 heavy (non-hydrogen) atoms. The molecule has 0 aliphatic carbocycles. The standard InChI is InChI=1S/C14H17N3/c1-11-8-9-16-14(13(11)15)17(2)10-12-6-4-3-5-7-12/h3-9H,10,15H2,1-2H3. The quantitative estimate of drug-likeness (QED) is 0.876. The minimum Gasteiger partial charge on any atom is -0.396 e. The first kappa shape index (κ1) is 11.5. The lowest BCUT2D eigenvalue weighted by Crippen LogP contribution is -2.19. The zero-order valence-electron chi connectivity index (χ0n) is 10.2. The predicted molar refractivity (Wildman–Crippen MR) is 71.9 cm³/mol. The van der Waals surface area contributed by atoms with Crippen LogP contribution in [0.1, 0.15) is 11.1 Å². The summed E-state index contributed by atoms with van der Waals surface area (Å²) in [6.45, 7) is 2.80. The van der Waals surface area contributed by atoms with Crippen molar-refractivity contribution in [2.75, 3.05) is 17.7 Å². The molecule has 0 spiro atoms. The number of pyridine rings is 1. The molecule has 0 saturated heterocycles. The lowest BCUT2D eigenvalue weighted by Gasteiger charge is -2.20. The first-order chi connectivity index (χ1) is 8.18. The highest BCUT2D eigenvalue weighted by molar-refractivity contribution is 5.66. The molecule has 0 fully saturated rings. The minimum absolute atomic E-state index is 0.755. The number of nitrogen functional groups attached to an aromatic ring is 1. The summed E-state index contributed by atoms with van der Waals surface area (Å²) in [5.74, 6) is 0.842. The van der Waals surface area contributed by atoms with Crippen molar-refractivity contribution in [1.82, 2.24) is 4.98 Å². The predicted octanol–water partition coefficient (Wildman–Crippen LogP) is 2.61. The summed E-state index contributed by atoms with van der Waals surface area (Å²) in [6.07, 6.45) is 1.79. The van der Waals surface area contributed by atoms with Crippen LogP contribution in [0.5, 0.6) is 0 Å². The van der Waals surface area contributed by atoms with Crippen molar-refractivity contribution in [3.8, 4) is 0 Å². The molecule has 0 amide bonds. The molecule has 88 valence electrons. The van der Waals surface area contributed by atoms with Gasteiger partial charge in [-0.25, -0.2) is 4.98 Å². The molecule has 0 atom stereocenters. The molecular weight excluding hydrogens is 210 g/mol. The fourth-order valence-corrected chi connectivity index (χ4v) is 1.79. The van der Waals surface area contributed by atoms with Crippen molar-refractivity contribution in [2.24, 2.45) is 0 Å². The van der Waals surface area contributed by atoms with E-state index >= 15 is 0 Å². The molecule has 0 aliphatic rings. The van der Waals surface area contributed by atoms with Crippen molar-refractivity contribution >= 4 is 11.5 Å². The number of hydrogen-bond acceptors (Lipinski definition) is 3. The van der Waals surface area contributed by atoms with E-state index in [1.807, 2.05) is 38.2 Å². The number of anilines is 2. The number of hydrogen-bond donors (Lipinski definition) is 1. The van der Waals surface area contributed by atoms with Gasteiger partial charge in [-0.2, -0.15) is 0 Å². The van der Waals surface area contributed by atoms with E-state index in [0.29, 0.717) is 0 Å². The van der Waals surface area contributed by atoms with Gasteiger partial charge in [-0.15, -0.1) is 0 Å². The Kier molecular flexibility index (Phi) is 3.28. The lowest BCUT2D eigenvalue weighted by molar-refractivity contribution is 0.899. The van der Waals surface area contributed by atoms with Crippen molar-refractivity contribution < 1.29 is 0 Å². The second kappa shape index (κ2) is 4.87. The molecule has 0 unspecified atom stereocenters. The molecule has 2 N–H and O–H groups in total. The Morgan fingerprint density at radius 2 is 1.88 bits per heavy atom. The number of nitrogens with two attached hydrogens (primary N) is 1. The van der Waals surface area contributed by atoms with Gasteiger partial charge < -0.3 is 10.6 Å². The average molecular weight is 227 g/mol. The Hall–Kier alpha value is -2.03. The molecule has 3 nitrogen and oxygen atoms in total. The van der Waals surface area contributed by atoms with Crippen LogP contribution in [0.25, 0.3) is 0 Å². The van der Waals surface area contributed by atoms with Crippen LogP contribution >= 0.6 is 0 Å². The fraction of sp³-hybridized carbons (Fsp3) is 0.214. The van der Waals surface area contributed by atoms with Gasteiger partial charge in [0, 0.05) is 19.8 Å². The van der Waals surface area contributed by atoms with E-state index in [-0.39, 0.29) is 0 Å². The second-order valence-electron chi connectivity index (χ2n) is 4.21. The normalized spacial score (nSPS) is 10.2. The molecule has 0 bridgehead atoms. The summed E-state index contributed by atoms with van der Waals surface area (Å²) in [4.78, 5) is 6.40. The number of nitrogens with zero attached hydrogens (tertiary/aromatic N) is 2. The second-order valence-corrected chi connectivity index (χ2v) is 4.21. The topological polar surface area (TPSA) is 42.2 Å². The Morgan fingerprint density at radius 3 is 2.59 bits per heavy atom. The van der Waals surface area contributed by atoms with Crippen LogP contribution < -0.4 is 10.6 Å². The maximum Gasteiger partial charge on any atom is 0.152 e. The molecule has 3 heteroatoms. The molecule has 0 aliphatic heterocycles. The first-order valence-electron chi connectivity index (χ1n) is 5.64. The van der Waals surface area contributed by atoms with Crippen LogP contribution in [0.2, 0.25) is 0 Å². The van der Waals surface area contributed by atoms with Gasteiger partial charge in [-0.1, -0.05) is 30.3 Å².